The first-order chi connectivity index (χ1) is 24.1. The van der Waals surface area contributed by atoms with Crippen molar-refractivity contribution < 1.29 is 48.1 Å². The molecule has 0 spiro atoms. The molecule has 0 radical (unpaired) electrons. The van der Waals surface area contributed by atoms with Crippen LogP contribution >= 0.6 is 0 Å². The number of pyridine rings is 1. The summed E-state index contributed by atoms with van der Waals surface area (Å²) in [5.41, 5.74) is 0.189. The smallest absolute Gasteiger partial charge is 0.409 e. The lowest BCUT2D eigenvalue weighted by Crippen LogP contribution is -2.56. The van der Waals surface area contributed by atoms with Gasteiger partial charge in [-0.05, 0) is 57.6 Å². The van der Waals surface area contributed by atoms with Gasteiger partial charge in [0, 0.05) is 62.7 Å². The number of hydrogen-bond donors (Lipinski definition) is 3. The Morgan fingerprint density at radius 3 is 2.38 bits per heavy atom. The number of rotatable bonds is 13. The lowest BCUT2D eigenvalue weighted by molar-refractivity contribution is -0.140. The molecule has 3 aliphatic rings. The second kappa shape index (κ2) is 16.5. The third-order valence-electron chi connectivity index (χ3n) is 9.26. The highest BCUT2D eigenvalue weighted by Crippen LogP contribution is 2.29. The number of fused-ring (bicyclic) bond motifs is 1. The number of carbonyl (C=O) groups excluding carboxylic acids is 5. The van der Waals surface area contributed by atoms with Crippen molar-refractivity contribution in [2.45, 2.75) is 70.0 Å². The van der Waals surface area contributed by atoms with Crippen LogP contribution in [0.5, 0.6) is 11.5 Å². The van der Waals surface area contributed by atoms with E-state index in [1.54, 1.807) is 25.1 Å². The molecule has 3 heterocycles. The van der Waals surface area contributed by atoms with E-state index in [-0.39, 0.29) is 74.9 Å². The fourth-order valence-electron chi connectivity index (χ4n) is 6.25. The second-order valence-electron chi connectivity index (χ2n) is 12.5. The molecule has 2 aromatic rings. The zero-order valence-corrected chi connectivity index (χ0v) is 28.4. The second-order valence-corrected chi connectivity index (χ2v) is 12.5. The van der Waals surface area contributed by atoms with Gasteiger partial charge >= 0.3 is 12.1 Å². The van der Waals surface area contributed by atoms with Crippen LogP contribution in [0.1, 0.15) is 62.4 Å². The van der Waals surface area contributed by atoms with Gasteiger partial charge in [0.25, 0.3) is 11.8 Å². The summed E-state index contributed by atoms with van der Waals surface area (Å²) in [6.07, 6.45) is 3.17. The van der Waals surface area contributed by atoms with E-state index >= 15 is 0 Å². The number of ether oxygens (including phenoxy) is 3. The van der Waals surface area contributed by atoms with E-state index < -0.39 is 42.6 Å². The number of carboxylic acids is 1. The SMILES string of the molecule is CCOC(=O)N1CCN(C(=O)[C@H](CCC(=O)O)NC(=O)c2cc(OCC(=O)N3CCC[C@H]3C(=O)NC3CCC3)c3ccc(OC)cc3n2)CC1. The number of nitrogens with one attached hydrogen (secondary N) is 2. The van der Waals surface area contributed by atoms with Gasteiger partial charge in [-0.1, -0.05) is 0 Å². The third kappa shape index (κ3) is 8.71. The van der Waals surface area contributed by atoms with Crippen molar-refractivity contribution in [1.82, 2.24) is 30.3 Å². The number of aromatic nitrogens is 1. The Bertz CT molecular complexity index is 1610. The molecule has 5 amide bonds. The molecule has 16 nitrogen and oxygen atoms in total. The van der Waals surface area contributed by atoms with Crippen molar-refractivity contribution in [2.24, 2.45) is 0 Å². The Hall–Kier alpha value is -5.15. The minimum absolute atomic E-state index is 0.132. The summed E-state index contributed by atoms with van der Waals surface area (Å²) in [6, 6.07) is 4.71. The molecule has 3 N–H and O–H groups in total. The van der Waals surface area contributed by atoms with E-state index in [2.05, 4.69) is 15.6 Å². The standard InChI is InChI=1S/C34H44N6O10/c1-3-49-34(47)39-16-14-38(15-17-39)33(46)24(11-12-30(42)43)37-31(44)26-19-28(23-10-9-22(48-2)18-25(23)36-26)50-20-29(41)40-13-5-8-27(40)32(45)35-21-6-4-7-21/h9-10,18-19,21,24,27H,3-8,11-17,20H2,1-2H3,(H,35,45)(H,37,44)(H,42,43)/t24-,27-/m0/s1. The lowest BCUT2D eigenvalue weighted by Gasteiger charge is -2.35. The number of methoxy groups -OCH3 is 1. The van der Waals surface area contributed by atoms with Crippen molar-refractivity contribution in [3.8, 4) is 11.5 Å². The first kappa shape index (κ1) is 36.1. The number of carboxylic acid groups (broad SMARTS) is 1. The number of benzene rings is 1. The zero-order chi connectivity index (χ0) is 35.8. The van der Waals surface area contributed by atoms with Gasteiger partial charge in [0.1, 0.15) is 29.3 Å². The van der Waals surface area contributed by atoms with Gasteiger partial charge in [-0.25, -0.2) is 9.78 Å². The largest absolute Gasteiger partial charge is 0.497 e. The average Bonchev–Trinajstić information content (AvgIpc) is 3.60. The summed E-state index contributed by atoms with van der Waals surface area (Å²) < 4.78 is 16.4. The molecule has 2 saturated heterocycles. The molecule has 1 saturated carbocycles. The van der Waals surface area contributed by atoms with Crippen LogP contribution < -0.4 is 20.1 Å². The fraction of sp³-hybridized carbons (Fsp3) is 0.559. The molecular weight excluding hydrogens is 652 g/mol. The molecule has 1 aliphatic carbocycles. The molecule has 16 heteroatoms. The summed E-state index contributed by atoms with van der Waals surface area (Å²) in [6.45, 7) is 2.76. The van der Waals surface area contributed by atoms with Crippen LogP contribution in [0.3, 0.4) is 0 Å². The number of likely N-dealkylation sites (tertiary alicyclic amines) is 1. The molecule has 5 rings (SSSR count). The predicted octanol–water partition coefficient (Wildman–Crippen LogP) is 1.55. The van der Waals surface area contributed by atoms with Crippen molar-refractivity contribution in [2.75, 3.05) is 53.0 Å². The highest BCUT2D eigenvalue weighted by molar-refractivity contribution is 6.00. The molecule has 2 atom stereocenters. The maximum Gasteiger partial charge on any atom is 0.409 e. The van der Waals surface area contributed by atoms with Gasteiger partial charge in [-0.15, -0.1) is 0 Å². The predicted molar refractivity (Wildman–Crippen MR) is 178 cm³/mol. The Morgan fingerprint density at radius 1 is 0.980 bits per heavy atom. The van der Waals surface area contributed by atoms with E-state index in [1.165, 1.54) is 27.9 Å². The van der Waals surface area contributed by atoms with E-state index in [0.29, 0.717) is 36.0 Å². The fourth-order valence-corrected chi connectivity index (χ4v) is 6.25. The minimum atomic E-state index is -1.19. The van der Waals surface area contributed by atoms with E-state index in [1.807, 2.05) is 0 Å². The van der Waals surface area contributed by atoms with Crippen LogP contribution in [0, 0.1) is 0 Å². The Morgan fingerprint density at radius 2 is 1.72 bits per heavy atom. The van der Waals surface area contributed by atoms with E-state index in [0.717, 1.165) is 19.3 Å². The summed E-state index contributed by atoms with van der Waals surface area (Å²) in [7, 11) is 1.48. The van der Waals surface area contributed by atoms with Gasteiger partial charge in [0.2, 0.25) is 11.8 Å². The summed E-state index contributed by atoms with van der Waals surface area (Å²) in [5.74, 6) is -2.29. The van der Waals surface area contributed by atoms with Gasteiger partial charge < -0.3 is 44.7 Å². The first-order valence-corrected chi connectivity index (χ1v) is 17.0. The van der Waals surface area contributed by atoms with Gasteiger partial charge in [0.15, 0.2) is 6.61 Å². The summed E-state index contributed by atoms with van der Waals surface area (Å²) >= 11 is 0. The Balaban J connectivity index is 1.31. The van der Waals surface area contributed by atoms with Crippen molar-refractivity contribution in [3.05, 3.63) is 30.0 Å². The van der Waals surface area contributed by atoms with Crippen LogP contribution in [-0.4, -0.2) is 132 Å². The molecule has 0 bridgehead atoms. The number of aliphatic carboxylic acids is 1. The van der Waals surface area contributed by atoms with Gasteiger partial charge in [-0.3, -0.25) is 24.0 Å². The van der Waals surface area contributed by atoms with Crippen LogP contribution in [0.2, 0.25) is 0 Å². The van der Waals surface area contributed by atoms with Crippen LogP contribution in [0.4, 0.5) is 4.79 Å². The molecule has 50 heavy (non-hydrogen) atoms. The maximum absolute atomic E-state index is 13.7. The van der Waals surface area contributed by atoms with Crippen molar-refractivity contribution >= 4 is 46.6 Å². The highest BCUT2D eigenvalue weighted by Gasteiger charge is 2.36. The molecule has 1 aromatic heterocycles. The topological polar surface area (TPSA) is 197 Å². The first-order valence-electron chi connectivity index (χ1n) is 17.0. The van der Waals surface area contributed by atoms with Gasteiger partial charge in [-0.2, -0.15) is 0 Å². The van der Waals surface area contributed by atoms with Crippen LogP contribution in [0.15, 0.2) is 24.3 Å². The summed E-state index contributed by atoms with van der Waals surface area (Å²) in [4.78, 5) is 85.9. The quantitative estimate of drug-likeness (QED) is 0.275. The Kier molecular flexibility index (Phi) is 11.9. The highest BCUT2D eigenvalue weighted by atomic mass is 16.6. The number of hydrogen-bond acceptors (Lipinski definition) is 10. The van der Waals surface area contributed by atoms with Gasteiger partial charge in [0.05, 0.1) is 19.2 Å². The van der Waals surface area contributed by atoms with E-state index in [4.69, 9.17) is 14.2 Å². The number of piperazine rings is 1. The Labute approximate surface area is 289 Å². The van der Waals surface area contributed by atoms with E-state index in [9.17, 15) is 33.9 Å². The number of amides is 5. The minimum Gasteiger partial charge on any atom is -0.497 e. The molecule has 0 unspecified atom stereocenters. The number of carbonyl (C=O) groups is 6. The summed E-state index contributed by atoms with van der Waals surface area (Å²) in [5, 5.41) is 15.5. The van der Waals surface area contributed by atoms with Crippen molar-refractivity contribution in [3.63, 3.8) is 0 Å². The van der Waals surface area contributed by atoms with Crippen LogP contribution in [-0.2, 0) is 23.9 Å². The third-order valence-corrected chi connectivity index (χ3v) is 9.26. The molecule has 2 aliphatic heterocycles. The average molecular weight is 697 g/mol. The van der Waals surface area contributed by atoms with Crippen molar-refractivity contribution in [1.29, 1.82) is 0 Å². The molecule has 3 fully saturated rings. The van der Waals surface area contributed by atoms with Crippen LogP contribution in [0.25, 0.3) is 10.9 Å². The monoisotopic (exact) mass is 696 g/mol. The lowest BCUT2D eigenvalue weighted by atomic mass is 9.93. The molecule has 1 aromatic carbocycles. The normalized spacial score (nSPS) is 18.2. The maximum atomic E-state index is 13.7. The molecule has 270 valence electrons. The number of nitrogens with zero attached hydrogens (tertiary/aromatic N) is 4. The molecular formula is C34H44N6O10. The zero-order valence-electron chi connectivity index (χ0n) is 28.4.